The van der Waals surface area contributed by atoms with Gasteiger partial charge in [0.15, 0.2) is 16.3 Å². The summed E-state index contributed by atoms with van der Waals surface area (Å²) >= 11 is 1.29. The zero-order valence-corrected chi connectivity index (χ0v) is 23.8. The number of aromatic nitrogens is 1. The van der Waals surface area contributed by atoms with Crippen molar-refractivity contribution in [1.82, 2.24) is 4.57 Å². The number of nitrogens with zero attached hydrogens (tertiary/aromatic N) is 2. The average molecular weight is 535 g/mol. The Labute approximate surface area is 226 Å². The largest absolute Gasteiger partial charge is 0.493 e. The number of hydrogen-bond acceptors (Lipinski definition) is 7. The van der Waals surface area contributed by atoms with Gasteiger partial charge < -0.3 is 14.2 Å². The molecule has 1 aliphatic heterocycles. The molecule has 0 N–H and O–H groups in total. The Bertz CT molecular complexity index is 1560. The van der Waals surface area contributed by atoms with Gasteiger partial charge in [-0.2, -0.15) is 0 Å². The molecule has 1 aliphatic rings. The maximum Gasteiger partial charge on any atom is 0.338 e. The molecule has 0 saturated carbocycles. The molecule has 0 unspecified atom stereocenters. The number of hydrogen-bond donors (Lipinski definition) is 0. The molecule has 200 valence electrons. The molecule has 1 atom stereocenters. The van der Waals surface area contributed by atoms with E-state index in [0.717, 1.165) is 5.56 Å². The number of benzene rings is 2. The van der Waals surface area contributed by atoms with E-state index < -0.39 is 12.0 Å². The highest BCUT2D eigenvalue weighted by Gasteiger charge is 2.36. The third-order valence-corrected chi connectivity index (χ3v) is 7.39. The molecule has 0 fully saturated rings. The van der Waals surface area contributed by atoms with Crippen LogP contribution in [0.25, 0.3) is 6.08 Å². The fourth-order valence-corrected chi connectivity index (χ4v) is 5.57. The van der Waals surface area contributed by atoms with E-state index in [1.807, 2.05) is 37.3 Å². The lowest BCUT2D eigenvalue weighted by molar-refractivity contribution is -0.139. The minimum atomic E-state index is -0.785. The summed E-state index contributed by atoms with van der Waals surface area (Å²) in [6.45, 7) is 12.5. The van der Waals surface area contributed by atoms with Gasteiger partial charge in [-0.1, -0.05) is 68.5 Å². The predicted octanol–water partition coefficient (Wildman–Crippen LogP) is 4.50. The second kappa shape index (κ2) is 11.0. The molecule has 7 nitrogen and oxygen atoms in total. The summed E-state index contributed by atoms with van der Waals surface area (Å²) in [6.07, 6.45) is 1.87. The minimum Gasteiger partial charge on any atom is -0.493 e. The molecule has 0 amide bonds. The highest BCUT2D eigenvalue weighted by atomic mass is 32.1. The standard InChI is InChI=1S/C30H34N2O5S/c1-8-36-26-21(11-10-12-22(26)35-7)25-24(28(34)37-9-2)18(3)31-29-32(25)27(33)23(38-29)17-19-13-15-20(16-14-19)30(4,5)6/h10-17,25H,8-9H2,1-7H3/b23-17+/t25-/m1/s1. The molecule has 0 aliphatic carbocycles. The van der Waals surface area contributed by atoms with E-state index in [4.69, 9.17) is 14.2 Å². The van der Waals surface area contributed by atoms with Crippen molar-refractivity contribution in [1.29, 1.82) is 0 Å². The van der Waals surface area contributed by atoms with Gasteiger partial charge >= 0.3 is 5.97 Å². The molecule has 0 radical (unpaired) electrons. The fourth-order valence-electron chi connectivity index (χ4n) is 4.52. The van der Waals surface area contributed by atoms with Crippen LogP contribution >= 0.6 is 11.3 Å². The Kier molecular flexibility index (Phi) is 7.92. The number of carbonyl (C=O) groups excluding carboxylic acids is 1. The minimum absolute atomic E-state index is 0.0356. The smallest absolute Gasteiger partial charge is 0.338 e. The first-order valence-corrected chi connectivity index (χ1v) is 13.5. The van der Waals surface area contributed by atoms with E-state index in [0.29, 0.717) is 44.3 Å². The monoisotopic (exact) mass is 534 g/mol. The van der Waals surface area contributed by atoms with Gasteiger partial charge in [0.1, 0.15) is 6.04 Å². The number of thiazole rings is 1. The maximum atomic E-state index is 13.9. The Hall–Kier alpha value is -3.65. The van der Waals surface area contributed by atoms with Gasteiger partial charge in [0.2, 0.25) is 0 Å². The SMILES string of the molecule is CCOC(=O)C1=C(C)N=c2s/c(=C/c3ccc(C(C)(C)C)cc3)c(=O)n2[C@@H]1c1cccc(OC)c1OCC. The van der Waals surface area contributed by atoms with Crippen LogP contribution in [0.3, 0.4) is 0 Å². The van der Waals surface area contributed by atoms with Crippen molar-refractivity contribution >= 4 is 23.4 Å². The Morgan fingerprint density at radius 2 is 1.82 bits per heavy atom. The molecule has 4 rings (SSSR count). The summed E-state index contributed by atoms with van der Waals surface area (Å²) in [7, 11) is 1.56. The van der Waals surface area contributed by atoms with Crippen LogP contribution in [0.15, 0.2) is 63.5 Å². The lowest BCUT2D eigenvalue weighted by Gasteiger charge is -2.26. The van der Waals surface area contributed by atoms with E-state index in [1.54, 1.807) is 31.6 Å². The molecular formula is C30H34N2O5S. The van der Waals surface area contributed by atoms with Gasteiger partial charge in [-0.3, -0.25) is 9.36 Å². The third kappa shape index (κ3) is 5.18. The predicted molar refractivity (Wildman–Crippen MR) is 150 cm³/mol. The first-order valence-electron chi connectivity index (χ1n) is 12.7. The molecule has 0 spiro atoms. The summed E-state index contributed by atoms with van der Waals surface area (Å²) in [4.78, 5) is 32.3. The van der Waals surface area contributed by atoms with E-state index >= 15 is 0 Å². The number of rotatable bonds is 7. The van der Waals surface area contributed by atoms with Gasteiger partial charge in [-0.05, 0) is 49.5 Å². The van der Waals surface area contributed by atoms with Crippen molar-refractivity contribution in [2.45, 2.75) is 53.0 Å². The van der Waals surface area contributed by atoms with Crippen LogP contribution in [-0.4, -0.2) is 30.9 Å². The molecule has 3 aromatic rings. The Morgan fingerprint density at radius 1 is 1.11 bits per heavy atom. The van der Waals surface area contributed by atoms with Gasteiger partial charge in [-0.25, -0.2) is 9.79 Å². The zero-order chi connectivity index (χ0) is 27.6. The van der Waals surface area contributed by atoms with Crippen molar-refractivity contribution in [3.05, 3.63) is 90.1 Å². The van der Waals surface area contributed by atoms with Crippen LogP contribution in [0.4, 0.5) is 0 Å². The van der Waals surface area contributed by atoms with Crippen LogP contribution in [0.5, 0.6) is 11.5 Å². The second-order valence-electron chi connectivity index (χ2n) is 9.99. The van der Waals surface area contributed by atoms with Crippen LogP contribution < -0.4 is 24.4 Å². The molecule has 0 bridgehead atoms. The molecular weight excluding hydrogens is 500 g/mol. The second-order valence-corrected chi connectivity index (χ2v) is 11.0. The molecule has 8 heteroatoms. The highest BCUT2D eigenvalue weighted by Crippen LogP contribution is 2.40. The zero-order valence-electron chi connectivity index (χ0n) is 23.0. The van der Waals surface area contributed by atoms with Crippen LogP contribution in [0, 0.1) is 0 Å². The Balaban J connectivity index is 1.96. The highest BCUT2D eigenvalue weighted by molar-refractivity contribution is 7.07. The van der Waals surface area contributed by atoms with Gasteiger partial charge in [0.25, 0.3) is 5.56 Å². The van der Waals surface area contributed by atoms with Crippen molar-refractivity contribution < 1.29 is 19.0 Å². The molecule has 2 heterocycles. The van der Waals surface area contributed by atoms with Gasteiger partial charge in [-0.15, -0.1) is 0 Å². The molecule has 0 saturated heterocycles. The topological polar surface area (TPSA) is 79.1 Å². The molecule has 38 heavy (non-hydrogen) atoms. The third-order valence-electron chi connectivity index (χ3n) is 6.40. The maximum absolute atomic E-state index is 13.9. The number of para-hydroxylation sites is 1. The molecule has 1 aromatic heterocycles. The summed E-state index contributed by atoms with van der Waals surface area (Å²) < 4.78 is 19.0. The van der Waals surface area contributed by atoms with Gasteiger partial charge in [0, 0.05) is 5.56 Å². The van der Waals surface area contributed by atoms with Crippen LogP contribution in [0.1, 0.15) is 64.3 Å². The van der Waals surface area contributed by atoms with Crippen molar-refractivity contribution in [2.24, 2.45) is 4.99 Å². The quantitative estimate of drug-likeness (QED) is 0.417. The summed E-state index contributed by atoms with van der Waals surface area (Å²) in [5, 5.41) is 0. The lowest BCUT2D eigenvalue weighted by atomic mass is 9.87. The lowest BCUT2D eigenvalue weighted by Crippen LogP contribution is -2.40. The van der Waals surface area contributed by atoms with Gasteiger partial charge in [0.05, 0.1) is 36.1 Å². The number of ether oxygens (including phenoxy) is 3. The first kappa shape index (κ1) is 27.4. The van der Waals surface area contributed by atoms with E-state index in [9.17, 15) is 9.59 Å². The van der Waals surface area contributed by atoms with E-state index in [1.165, 1.54) is 16.9 Å². The van der Waals surface area contributed by atoms with E-state index in [-0.39, 0.29) is 17.6 Å². The number of carbonyl (C=O) groups is 1. The van der Waals surface area contributed by atoms with Crippen molar-refractivity contribution in [3.63, 3.8) is 0 Å². The first-order chi connectivity index (χ1) is 18.1. The normalized spacial score (nSPS) is 15.7. The number of allylic oxidation sites excluding steroid dienone is 1. The fraction of sp³-hybridized carbons (Fsp3) is 0.367. The average Bonchev–Trinajstić information content (AvgIpc) is 3.17. The van der Waals surface area contributed by atoms with Crippen molar-refractivity contribution in [2.75, 3.05) is 20.3 Å². The number of esters is 1. The van der Waals surface area contributed by atoms with E-state index in [2.05, 4.69) is 37.9 Å². The number of fused-ring (bicyclic) bond motifs is 1. The Morgan fingerprint density at radius 3 is 2.42 bits per heavy atom. The summed E-state index contributed by atoms with van der Waals surface area (Å²) in [5.74, 6) is 0.477. The van der Waals surface area contributed by atoms with Crippen molar-refractivity contribution in [3.8, 4) is 11.5 Å². The van der Waals surface area contributed by atoms with Crippen LogP contribution in [0.2, 0.25) is 0 Å². The van der Waals surface area contributed by atoms with Crippen LogP contribution in [-0.2, 0) is 14.9 Å². The molecule has 2 aromatic carbocycles. The summed E-state index contributed by atoms with van der Waals surface area (Å²) in [6, 6.07) is 12.9. The number of methoxy groups -OCH3 is 1. The summed E-state index contributed by atoms with van der Waals surface area (Å²) in [5.41, 5.74) is 3.36.